The van der Waals surface area contributed by atoms with Gasteiger partial charge >= 0.3 is 0 Å². The molecule has 0 bridgehead atoms. The number of hydrogen-bond acceptors (Lipinski definition) is 4. The van der Waals surface area contributed by atoms with Crippen LogP contribution >= 0.6 is 11.3 Å². The van der Waals surface area contributed by atoms with Crippen LogP contribution in [0, 0.1) is 0 Å². The van der Waals surface area contributed by atoms with E-state index >= 15 is 0 Å². The van der Waals surface area contributed by atoms with Gasteiger partial charge in [0.15, 0.2) is 8.32 Å². The summed E-state index contributed by atoms with van der Waals surface area (Å²) in [6, 6.07) is 0. The van der Waals surface area contributed by atoms with Crippen molar-refractivity contribution in [3.05, 3.63) is 16.1 Å². The molecule has 104 valence electrons. The van der Waals surface area contributed by atoms with E-state index in [-0.39, 0.29) is 11.1 Å². The Kier molecular flexibility index (Phi) is 5.11. The predicted octanol–water partition coefficient (Wildman–Crippen LogP) is 3.59. The van der Waals surface area contributed by atoms with Crippen molar-refractivity contribution in [1.82, 2.24) is 4.98 Å². The van der Waals surface area contributed by atoms with Crippen LogP contribution in [0.5, 0.6) is 0 Å². The molecule has 0 fully saturated rings. The third-order valence-corrected chi connectivity index (χ3v) is 8.85. The second-order valence-corrected chi connectivity index (χ2v) is 12.1. The van der Waals surface area contributed by atoms with Crippen molar-refractivity contribution >= 4 is 19.7 Å². The average molecular weight is 288 g/mol. The van der Waals surface area contributed by atoms with Gasteiger partial charge in [-0.1, -0.05) is 20.8 Å². The number of aromatic nitrogens is 1. The fourth-order valence-electron chi connectivity index (χ4n) is 1.23. The van der Waals surface area contributed by atoms with Gasteiger partial charge in [-0.2, -0.15) is 0 Å². The number of thiazole rings is 1. The number of aliphatic hydroxyl groups excluding tert-OH is 1. The van der Waals surface area contributed by atoms with Crippen molar-refractivity contribution in [3.63, 3.8) is 0 Å². The average Bonchev–Trinajstić information content (AvgIpc) is 2.60. The summed E-state index contributed by atoms with van der Waals surface area (Å²) in [5.74, 6) is 0. The third kappa shape index (κ3) is 4.46. The van der Waals surface area contributed by atoms with Crippen LogP contribution in [0.1, 0.15) is 38.4 Å². The van der Waals surface area contributed by atoms with E-state index in [1.165, 1.54) is 0 Å². The minimum absolute atomic E-state index is 0.228. The highest BCUT2D eigenvalue weighted by Gasteiger charge is 2.37. The first kappa shape index (κ1) is 15.8. The smallest absolute Gasteiger partial charge is 0.192 e. The SMILES string of the molecule is CC(O)Cc1nc(CO[Si](C)(C)C(C)(C)C)cs1. The summed E-state index contributed by atoms with van der Waals surface area (Å²) in [5, 5.41) is 12.6. The molecule has 0 aliphatic heterocycles. The summed E-state index contributed by atoms with van der Waals surface area (Å²) in [6.07, 6.45) is 0.301. The highest BCUT2D eigenvalue weighted by Crippen LogP contribution is 2.37. The Hall–Kier alpha value is -0.233. The maximum atomic E-state index is 9.32. The lowest BCUT2D eigenvalue weighted by atomic mass is 10.2. The summed E-state index contributed by atoms with van der Waals surface area (Å²) in [5.41, 5.74) is 0.987. The van der Waals surface area contributed by atoms with Crippen LogP contribution in [0.3, 0.4) is 0 Å². The molecule has 1 rings (SSSR count). The summed E-state index contributed by atoms with van der Waals surface area (Å²) in [4.78, 5) is 4.49. The van der Waals surface area contributed by atoms with E-state index in [2.05, 4.69) is 38.8 Å². The Bertz CT molecular complexity index is 383. The molecule has 1 aromatic heterocycles. The van der Waals surface area contributed by atoms with Crippen molar-refractivity contribution < 1.29 is 9.53 Å². The van der Waals surface area contributed by atoms with Crippen LogP contribution in [-0.4, -0.2) is 24.5 Å². The van der Waals surface area contributed by atoms with Gasteiger partial charge in [-0.25, -0.2) is 4.98 Å². The molecule has 1 heterocycles. The maximum absolute atomic E-state index is 9.32. The van der Waals surface area contributed by atoms with Crippen LogP contribution in [-0.2, 0) is 17.5 Å². The molecular formula is C13H25NO2SSi. The molecule has 0 aliphatic carbocycles. The van der Waals surface area contributed by atoms with Gasteiger partial charge < -0.3 is 9.53 Å². The van der Waals surface area contributed by atoms with Gasteiger partial charge in [-0.05, 0) is 25.1 Å². The zero-order valence-corrected chi connectivity index (χ0v) is 14.1. The lowest BCUT2D eigenvalue weighted by Gasteiger charge is -2.35. The first-order valence-corrected chi connectivity index (χ1v) is 10.2. The summed E-state index contributed by atoms with van der Waals surface area (Å²) < 4.78 is 6.12. The Morgan fingerprint density at radius 1 is 1.44 bits per heavy atom. The molecule has 3 nitrogen and oxygen atoms in total. The molecule has 1 aromatic rings. The topological polar surface area (TPSA) is 42.4 Å². The van der Waals surface area contributed by atoms with E-state index in [1.54, 1.807) is 18.3 Å². The molecule has 1 N–H and O–H groups in total. The minimum Gasteiger partial charge on any atom is -0.411 e. The van der Waals surface area contributed by atoms with Gasteiger partial charge in [0.05, 0.1) is 23.4 Å². The summed E-state index contributed by atoms with van der Waals surface area (Å²) in [6.45, 7) is 13.6. The minimum atomic E-state index is -1.70. The van der Waals surface area contributed by atoms with Crippen molar-refractivity contribution in [2.24, 2.45) is 0 Å². The highest BCUT2D eigenvalue weighted by molar-refractivity contribution is 7.09. The molecule has 0 spiro atoms. The van der Waals surface area contributed by atoms with Crippen molar-refractivity contribution in [2.75, 3.05) is 0 Å². The monoisotopic (exact) mass is 287 g/mol. The number of nitrogens with zero attached hydrogens (tertiary/aromatic N) is 1. The summed E-state index contributed by atoms with van der Waals surface area (Å²) in [7, 11) is -1.70. The van der Waals surface area contributed by atoms with Gasteiger partial charge in [0.1, 0.15) is 0 Å². The van der Waals surface area contributed by atoms with E-state index in [0.717, 1.165) is 10.7 Å². The molecule has 0 aliphatic rings. The Morgan fingerprint density at radius 2 is 2.06 bits per heavy atom. The number of rotatable bonds is 5. The lowest BCUT2D eigenvalue weighted by molar-refractivity contribution is 0.195. The largest absolute Gasteiger partial charge is 0.411 e. The van der Waals surface area contributed by atoms with Crippen molar-refractivity contribution in [2.45, 2.75) is 65.0 Å². The summed E-state index contributed by atoms with van der Waals surface area (Å²) >= 11 is 1.60. The van der Waals surface area contributed by atoms with Crippen molar-refractivity contribution in [3.8, 4) is 0 Å². The van der Waals surface area contributed by atoms with Crippen LogP contribution in [0.25, 0.3) is 0 Å². The van der Waals surface area contributed by atoms with Gasteiger partial charge in [0.2, 0.25) is 0 Å². The highest BCUT2D eigenvalue weighted by atomic mass is 32.1. The zero-order valence-electron chi connectivity index (χ0n) is 12.3. The molecule has 5 heteroatoms. The Labute approximate surface area is 115 Å². The van der Waals surface area contributed by atoms with Crippen LogP contribution < -0.4 is 0 Å². The first-order chi connectivity index (χ1) is 8.12. The normalized spacial score (nSPS) is 14.8. The van der Waals surface area contributed by atoms with Gasteiger partial charge in [-0.3, -0.25) is 0 Å². The second kappa shape index (κ2) is 5.82. The number of hydrogen-bond donors (Lipinski definition) is 1. The van der Waals surface area contributed by atoms with Gasteiger partial charge in [-0.15, -0.1) is 11.3 Å². The van der Waals surface area contributed by atoms with Crippen LogP contribution in [0.4, 0.5) is 0 Å². The molecule has 1 atom stereocenters. The van der Waals surface area contributed by atoms with Crippen LogP contribution in [0.2, 0.25) is 18.1 Å². The fraction of sp³-hybridized carbons (Fsp3) is 0.769. The van der Waals surface area contributed by atoms with E-state index in [1.807, 2.05) is 5.38 Å². The Balaban J connectivity index is 2.56. The zero-order chi connectivity index (χ0) is 14.0. The standard InChI is InChI=1S/C13H25NO2SSi/c1-10(15)7-12-14-11(9-17-12)8-16-18(5,6)13(2,3)4/h9-10,15H,7-8H2,1-6H3. The van der Waals surface area contributed by atoms with E-state index in [4.69, 9.17) is 4.43 Å². The molecule has 18 heavy (non-hydrogen) atoms. The first-order valence-electron chi connectivity index (χ1n) is 6.37. The van der Waals surface area contributed by atoms with E-state index in [9.17, 15) is 5.11 Å². The van der Waals surface area contributed by atoms with Gasteiger partial charge in [0.25, 0.3) is 0 Å². The fourth-order valence-corrected chi connectivity index (χ4v) is 3.07. The lowest BCUT2D eigenvalue weighted by Crippen LogP contribution is -2.40. The van der Waals surface area contributed by atoms with Crippen LogP contribution in [0.15, 0.2) is 5.38 Å². The molecular weight excluding hydrogens is 262 g/mol. The second-order valence-electron chi connectivity index (χ2n) is 6.33. The van der Waals surface area contributed by atoms with E-state index < -0.39 is 8.32 Å². The molecule has 0 radical (unpaired) electrons. The molecule has 0 saturated heterocycles. The molecule has 0 saturated carbocycles. The van der Waals surface area contributed by atoms with Gasteiger partial charge in [0, 0.05) is 11.8 Å². The quantitative estimate of drug-likeness (QED) is 0.842. The molecule has 1 unspecified atom stereocenters. The number of aliphatic hydroxyl groups is 1. The maximum Gasteiger partial charge on any atom is 0.192 e. The predicted molar refractivity (Wildman–Crippen MR) is 79.5 cm³/mol. The Morgan fingerprint density at radius 3 is 2.56 bits per heavy atom. The molecule has 0 amide bonds. The molecule has 0 aromatic carbocycles. The van der Waals surface area contributed by atoms with E-state index in [0.29, 0.717) is 13.0 Å². The third-order valence-electron chi connectivity index (χ3n) is 3.46. The van der Waals surface area contributed by atoms with Crippen molar-refractivity contribution in [1.29, 1.82) is 0 Å².